The van der Waals surface area contributed by atoms with Crippen LogP contribution in [-0.2, 0) is 0 Å². The summed E-state index contributed by atoms with van der Waals surface area (Å²) in [6, 6.07) is 8.14. The van der Waals surface area contributed by atoms with E-state index in [0.29, 0.717) is 29.5 Å². The fourth-order valence-electron chi connectivity index (χ4n) is 4.16. The van der Waals surface area contributed by atoms with Crippen molar-refractivity contribution in [2.24, 2.45) is 11.8 Å². The molecule has 0 saturated heterocycles. The molecule has 0 radical (unpaired) electrons. The van der Waals surface area contributed by atoms with Crippen LogP contribution in [0.5, 0.6) is 5.75 Å². The third-order valence-corrected chi connectivity index (χ3v) is 5.82. The van der Waals surface area contributed by atoms with E-state index in [1.54, 1.807) is 6.07 Å². The van der Waals surface area contributed by atoms with Crippen molar-refractivity contribution in [2.75, 3.05) is 0 Å². The molecule has 0 amide bonds. The summed E-state index contributed by atoms with van der Waals surface area (Å²) in [4.78, 5) is 0. The van der Waals surface area contributed by atoms with Crippen molar-refractivity contribution in [3.05, 3.63) is 59.9 Å². The standard InChI is InChI=1S/C25H29F3O/c1-3-5-6-8-18-10-13-22(14-11-18)25(27,28)29-24-17-20-12-9-19(7-4-2)15-21(20)16-23(24)26/h3-5,7,9,12,15-18,22H,6,8,10-11,13-14H2,1-2H3/b5-3+,7-4+. The maximum Gasteiger partial charge on any atom is 0.400 e. The van der Waals surface area contributed by atoms with E-state index in [2.05, 4.69) is 6.08 Å². The minimum absolute atomic E-state index is 0.378. The lowest BCUT2D eigenvalue weighted by atomic mass is 9.79. The summed E-state index contributed by atoms with van der Waals surface area (Å²) in [5, 5.41) is 1.34. The zero-order chi connectivity index (χ0) is 20.9. The Morgan fingerprint density at radius 3 is 2.45 bits per heavy atom. The third kappa shape index (κ3) is 5.43. The van der Waals surface area contributed by atoms with E-state index in [1.807, 2.05) is 44.2 Å². The average Bonchev–Trinajstić information content (AvgIpc) is 2.69. The van der Waals surface area contributed by atoms with Gasteiger partial charge in [-0.3, -0.25) is 0 Å². The number of hydrogen-bond acceptors (Lipinski definition) is 1. The second-order valence-electron chi connectivity index (χ2n) is 7.92. The van der Waals surface area contributed by atoms with E-state index in [9.17, 15) is 13.2 Å². The van der Waals surface area contributed by atoms with Crippen molar-refractivity contribution in [3.8, 4) is 5.75 Å². The van der Waals surface area contributed by atoms with Crippen LogP contribution in [0, 0.1) is 17.7 Å². The molecule has 1 aliphatic rings. The minimum atomic E-state index is -3.37. The van der Waals surface area contributed by atoms with Gasteiger partial charge in [0.1, 0.15) is 0 Å². The topological polar surface area (TPSA) is 9.23 Å². The number of ether oxygens (including phenoxy) is 1. The van der Waals surface area contributed by atoms with Gasteiger partial charge in [0.05, 0.1) is 5.92 Å². The Bertz CT molecular complexity index is 877. The van der Waals surface area contributed by atoms with Crippen LogP contribution in [0.4, 0.5) is 13.2 Å². The number of allylic oxidation sites excluding steroid dienone is 3. The van der Waals surface area contributed by atoms with Crippen molar-refractivity contribution >= 4 is 16.8 Å². The molecule has 0 atom stereocenters. The summed E-state index contributed by atoms with van der Waals surface area (Å²) < 4.78 is 49.0. The Morgan fingerprint density at radius 1 is 1.00 bits per heavy atom. The van der Waals surface area contributed by atoms with Crippen LogP contribution in [-0.4, -0.2) is 6.11 Å². The molecule has 1 aliphatic carbocycles. The molecule has 3 rings (SSSR count). The van der Waals surface area contributed by atoms with Crippen LogP contribution in [0.25, 0.3) is 16.8 Å². The molecule has 2 aromatic rings. The number of halogens is 3. The molecule has 0 heterocycles. The highest BCUT2D eigenvalue weighted by Crippen LogP contribution is 2.42. The van der Waals surface area contributed by atoms with E-state index in [0.717, 1.165) is 31.2 Å². The number of rotatable bonds is 7. The zero-order valence-electron chi connectivity index (χ0n) is 17.1. The first-order valence-corrected chi connectivity index (χ1v) is 10.5. The fourth-order valence-corrected chi connectivity index (χ4v) is 4.16. The van der Waals surface area contributed by atoms with Crippen molar-refractivity contribution in [2.45, 2.75) is 58.5 Å². The normalized spacial score (nSPS) is 20.7. The number of hydrogen-bond donors (Lipinski definition) is 0. The van der Waals surface area contributed by atoms with E-state index < -0.39 is 17.8 Å². The first-order valence-electron chi connectivity index (χ1n) is 10.5. The maximum atomic E-state index is 14.8. The second-order valence-corrected chi connectivity index (χ2v) is 7.92. The predicted octanol–water partition coefficient (Wildman–Crippen LogP) is 8.15. The predicted molar refractivity (Wildman–Crippen MR) is 114 cm³/mol. The van der Waals surface area contributed by atoms with Crippen LogP contribution < -0.4 is 4.74 Å². The van der Waals surface area contributed by atoms with Crippen molar-refractivity contribution < 1.29 is 17.9 Å². The molecule has 0 aliphatic heterocycles. The summed E-state index contributed by atoms with van der Waals surface area (Å²) in [7, 11) is 0. The molecule has 29 heavy (non-hydrogen) atoms. The second kappa shape index (κ2) is 9.51. The number of benzene rings is 2. The lowest BCUT2D eigenvalue weighted by Crippen LogP contribution is -2.37. The Balaban J connectivity index is 1.69. The summed E-state index contributed by atoms with van der Waals surface area (Å²) in [6.45, 7) is 3.89. The Hall–Kier alpha value is -2.23. The Kier molecular flexibility index (Phi) is 7.05. The van der Waals surface area contributed by atoms with Crippen LogP contribution in [0.3, 0.4) is 0 Å². The van der Waals surface area contributed by atoms with Gasteiger partial charge in [0.2, 0.25) is 0 Å². The van der Waals surface area contributed by atoms with Crippen LogP contribution in [0.2, 0.25) is 0 Å². The van der Waals surface area contributed by atoms with Gasteiger partial charge in [-0.05, 0) is 92.8 Å². The maximum absolute atomic E-state index is 14.8. The van der Waals surface area contributed by atoms with E-state index in [-0.39, 0.29) is 5.75 Å². The van der Waals surface area contributed by atoms with Crippen LogP contribution in [0.15, 0.2) is 48.6 Å². The molecular weight excluding hydrogens is 373 g/mol. The summed E-state index contributed by atoms with van der Waals surface area (Å²) in [5.41, 5.74) is 0.935. The average molecular weight is 403 g/mol. The summed E-state index contributed by atoms with van der Waals surface area (Å²) in [5.74, 6) is -1.51. The van der Waals surface area contributed by atoms with Gasteiger partial charge in [-0.15, -0.1) is 0 Å². The monoisotopic (exact) mass is 402 g/mol. The number of fused-ring (bicyclic) bond motifs is 1. The minimum Gasteiger partial charge on any atom is -0.429 e. The third-order valence-electron chi connectivity index (χ3n) is 5.82. The molecule has 1 saturated carbocycles. The molecule has 0 spiro atoms. The Labute approximate surface area is 171 Å². The first-order chi connectivity index (χ1) is 13.9. The zero-order valence-corrected chi connectivity index (χ0v) is 17.1. The molecule has 2 aromatic carbocycles. The molecule has 0 N–H and O–H groups in total. The molecule has 156 valence electrons. The summed E-state index contributed by atoms with van der Waals surface area (Å²) in [6.07, 6.45) is 8.98. The molecular formula is C25H29F3O. The molecule has 0 aromatic heterocycles. The van der Waals surface area contributed by atoms with Gasteiger partial charge in [-0.2, -0.15) is 8.78 Å². The van der Waals surface area contributed by atoms with Crippen molar-refractivity contribution in [3.63, 3.8) is 0 Å². The highest BCUT2D eigenvalue weighted by Gasteiger charge is 2.44. The molecule has 1 fully saturated rings. The lowest BCUT2D eigenvalue weighted by molar-refractivity contribution is -0.224. The molecule has 1 nitrogen and oxygen atoms in total. The van der Waals surface area contributed by atoms with Crippen LogP contribution in [0.1, 0.15) is 57.9 Å². The van der Waals surface area contributed by atoms with Gasteiger partial charge >= 0.3 is 6.11 Å². The first kappa shape index (κ1) is 21.5. The number of alkyl halides is 2. The highest BCUT2D eigenvalue weighted by molar-refractivity contribution is 5.86. The molecule has 4 heteroatoms. The van der Waals surface area contributed by atoms with Gasteiger partial charge < -0.3 is 4.74 Å². The SMILES string of the molecule is C/C=C/CCC1CCC(C(F)(F)Oc2cc3ccc(/C=C/C)cc3cc2F)CC1. The van der Waals surface area contributed by atoms with Gasteiger partial charge in [0.15, 0.2) is 11.6 Å². The largest absolute Gasteiger partial charge is 0.429 e. The van der Waals surface area contributed by atoms with Gasteiger partial charge in [-0.25, -0.2) is 4.39 Å². The van der Waals surface area contributed by atoms with Crippen LogP contribution >= 0.6 is 0 Å². The molecule has 0 unspecified atom stereocenters. The van der Waals surface area contributed by atoms with Crippen molar-refractivity contribution in [1.29, 1.82) is 0 Å². The van der Waals surface area contributed by atoms with E-state index >= 15 is 0 Å². The van der Waals surface area contributed by atoms with E-state index in [4.69, 9.17) is 4.74 Å². The molecule has 0 bridgehead atoms. The van der Waals surface area contributed by atoms with Crippen molar-refractivity contribution in [1.82, 2.24) is 0 Å². The van der Waals surface area contributed by atoms with Gasteiger partial charge in [0.25, 0.3) is 0 Å². The van der Waals surface area contributed by atoms with Gasteiger partial charge in [-0.1, -0.05) is 36.4 Å². The quantitative estimate of drug-likeness (QED) is 0.425. The lowest BCUT2D eigenvalue weighted by Gasteiger charge is -2.33. The highest BCUT2D eigenvalue weighted by atomic mass is 19.3. The van der Waals surface area contributed by atoms with E-state index in [1.165, 1.54) is 12.1 Å². The fraction of sp³-hybridized carbons (Fsp3) is 0.440. The smallest absolute Gasteiger partial charge is 0.400 e. The summed E-state index contributed by atoms with van der Waals surface area (Å²) >= 11 is 0. The van der Waals surface area contributed by atoms with Gasteiger partial charge in [0, 0.05) is 0 Å². The Morgan fingerprint density at radius 2 is 1.76 bits per heavy atom.